The SMILES string of the molecule is NC(=O)c1ccc(-c2cnc3ncc(C4(c5ccc6ncccc6c5)CC4)n3c2)cc1CF. The number of primary amides is 1. The van der Waals surface area contributed by atoms with E-state index in [2.05, 4.69) is 39.2 Å². The minimum atomic E-state index is -0.766. The maximum atomic E-state index is 13.5. The number of fused-ring (bicyclic) bond motifs is 2. The standard InChI is InChI=1S/C26H20FN5O/c27-12-18-10-16(3-5-21(18)24(28)33)19-13-30-25-31-14-23(32(25)15-19)26(7-8-26)20-4-6-22-17(11-20)2-1-9-29-22/h1-6,9-11,13-15H,7-8,12H2,(H2,28,33). The molecule has 162 valence electrons. The summed E-state index contributed by atoms with van der Waals surface area (Å²) >= 11 is 0. The molecule has 2 aromatic carbocycles. The monoisotopic (exact) mass is 437 g/mol. The van der Waals surface area contributed by atoms with Crippen LogP contribution in [0.1, 0.15) is 40.0 Å². The minimum Gasteiger partial charge on any atom is -0.366 e. The molecular formula is C26H20FN5O. The number of pyridine rings is 1. The Kier molecular flexibility index (Phi) is 4.26. The molecule has 3 heterocycles. The Bertz CT molecular complexity index is 1550. The van der Waals surface area contributed by atoms with Crippen LogP contribution in [0.4, 0.5) is 4.39 Å². The topological polar surface area (TPSA) is 86.2 Å². The molecule has 1 fully saturated rings. The number of halogens is 1. The lowest BCUT2D eigenvalue weighted by atomic mass is 9.91. The highest BCUT2D eigenvalue weighted by atomic mass is 19.1. The number of hydrogen-bond acceptors (Lipinski definition) is 4. The van der Waals surface area contributed by atoms with Gasteiger partial charge in [-0.15, -0.1) is 0 Å². The van der Waals surface area contributed by atoms with Crippen LogP contribution in [0.2, 0.25) is 0 Å². The van der Waals surface area contributed by atoms with Crippen LogP contribution in [0.5, 0.6) is 0 Å². The summed E-state index contributed by atoms with van der Waals surface area (Å²) in [5, 5.41) is 1.11. The lowest BCUT2D eigenvalue weighted by Crippen LogP contribution is -2.13. The number of imidazole rings is 1. The number of nitrogens with two attached hydrogens (primary N) is 1. The molecular weight excluding hydrogens is 417 g/mol. The van der Waals surface area contributed by atoms with Gasteiger partial charge in [-0.25, -0.2) is 14.4 Å². The Morgan fingerprint density at radius 2 is 1.88 bits per heavy atom. The van der Waals surface area contributed by atoms with E-state index >= 15 is 0 Å². The van der Waals surface area contributed by atoms with Crippen molar-refractivity contribution in [3.05, 3.63) is 95.7 Å². The summed E-state index contributed by atoms with van der Waals surface area (Å²) in [6.07, 6.45) is 9.45. The van der Waals surface area contributed by atoms with Gasteiger partial charge in [-0.05, 0) is 59.9 Å². The highest BCUT2D eigenvalue weighted by Crippen LogP contribution is 2.53. The van der Waals surface area contributed by atoms with Crippen molar-refractivity contribution in [3.8, 4) is 11.1 Å². The largest absolute Gasteiger partial charge is 0.366 e. The van der Waals surface area contributed by atoms with Crippen molar-refractivity contribution in [1.29, 1.82) is 0 Å². The van der Waals surface area contributed by atoms with E-state index in [1.807, 2.05) is 22.9 Å². The van der Waals surface area contributed by atoms with Crippen LogP contribution < -0.4 is 5.73 Å². The van der Waals surface area contributed by atoms with Crippen LogP contribution >= 0.6 is 0 Å². The molecule has 0 bridgehead atoms. The summed E-state index contributed by atoms with van der Waals surface area (Å²) in [6.45, 7) is -0.766. The van der Waals surface area contributed by atoms with E-state index in [0.29, 0.717) is 5.78 Å². The van der Waals surface area contributed by atoms with Crippen molar-refractivity contribution in [2.75, 3.05) is 0 Å². The summed E-state index contributed by atoms with van der Waals surface area (Å²) in [5.41, 5.74) is 10.6. The third-order valence-electron chi connectivity index (χ3n) is 6.61. The third kappa shape index (κ3) is 3.08. The Morgan fingerprint density at radius 1 is 1.03 bits per heavy atom. The van der Waals surface area contributed by atoms with Crippen molar-refractivity contribution in [1.82, 2.24) is 19.4 Å². The van der Waals surface area contributed by atoms with Gasteiger partial charge in [0.2, 0.25) is 11.7 Å². The second-order valence-corrected chi connectivity index (χ2v) is 8.52. The zero-order chi connectivity index (χ0) is 22.6. The van der Waals surface area contributed by atoms with Gasteiger partial charge in [0.15, 0.2) is 0 Å². The van der Waals surface area contributed by atoms with Gasteiger partial charge >= 0.3 is 0 Å². The number of amides is 1. The van der Waals surface area contributed by atoms with E-state index in [0.717, 1.165) is 40.6 Å². The molecule has 0 spiro atoms. The van der Waals surface area contributed by atoms with Crippen LogP contribution in [0.3, 0.4) is 0 Å². The van der Waals surface area contributed by atoms with Crippen LogP contribution in [-0.4, -0.2) is 25.3 Å². The van der Waals surface area contributed by atoms with E-state index in [9.17, 15) is 9.18 Å². The van der Waals surface area contributed by atoms with E-state index < -0.39 is 12.6 Å². The summed E-state index contributed by atoms with van der Waals surface area (Å²) < 4.78 is 15.6. The second kappa shape index (κ2) is 7.20. The second-order valence-electron chi connectivity index (χ2n) is 8.52. The van der Waals surface area contributed by atoms with Crippen molar-refractivity contribution in [2.45, 2.75) is 24.9 Å². The van der Waals surface area contributed by atoms with Crippen molar-refractivity contribution >= 4 is 22.6 Å². The first-order valence-corrected chi connectivity index (χ1v) is 10.8. The predicted octanol–water partition coefficient (Wildman–Crippen LogP) is 4.59. The lowest BCUT2D eigenvalue weighted by molar-refractivity contribution is 0.0998. The minimum absolute atomic E-state index is 0.121. The van der Waals surface area contributed by atoms with Crippen molar-refractivity contribution < 1.29 is 9.18 Å². The van der Waals surface area contributed by atoms with Crippen LogP contribution in [-0.2, 0) is 12.1 Å². The zero-order valence-electron chi connectivity index (χ0n) is 17.7. The molecule has 2 N–H and O–H groups in total. The first kappa shape index (κ1) is 19.5. The maximum absolute atomic E-state index is 13.5. The number of alkyl halides is 1. The number of aromatic nitrogens is 4. The van der Waals surface area contributed by atoms with Crippen LogP contribution in [0, 0.1) is 0 Å². The zero-order valence-corrected chi connectivity index (χ0v) is 17.7. The average molecular weight is 437 g/mol. The van der Waals surface area contributed by atoms with Gasteiger partial charge in [0.25, 0.3) is 0 Å². The van der Waals surface area contributed by atoms with E-state index in [1.54, 1.807) is 30.6 Å². The molecule has 7 heteroatoms. The molecule has 0 aliphatic heterocycles. The highest BCUT2D eigenvalue weighted by Gasteiger charge is 2.48. The van der Waals surface area contributed by atoms with Gasteiger partial charge in [0.05, 0.1) is 17.4 Å². The van der Waals surface area contributed by atoms with Gasteiger partial charge in [-0.3, -0.25) is 14.2 Å². The van der Waals surface area contributed by atoms with Gasteiger partial charge in [0, 0.05) is 40.5 Å². The molecule has 5 aromatic rings. The smallest absolute Gasteiger partial charge is 0.249 e. The fraction of sp³-hybridized carbons (Fsp3) is 0.154. The molecule has 6 rings (SSSR count). The number of benzene rings is 2. The number of carbonyl (C=O) groups is 1. The average Bonchev–Trinajstić information content (AvgIpc) is 3.55. The van der Waals surface area contributed by atoms with Gasteiger partial charge in [-0.2, -0.15) is 0 Å². The quantitative estimate of drug-likeness (QED) is 0.436. The fourth-order valence-electron chi connectivity index (χ4n) is 4.69. The molecule has 33 heavy (non-hydrogen) atoms. The van der Waals surface area contributed by atoms with E-state index in [4.69, 9.17) is 5.73 Å². The summed E-state index contributed by atoms with van der Waals surface area (Å²) in [7, 11) is 0. The molecule has 0 saturated heterocycles. The Morgan fingerprint density at radius 3 is 2.67 bits per heavy atom. The maximum Gasteiger partial charge on any atom is 0.249 e. The number of rotatable bonds is 5. The Labute approximate surface area is 188 Å². The van der Waals surface area contributed by atoms with Crippen molar-refractivity contribution in [3.63, 3.8) is 0 Å². The molecule has 0 radical (unpaired) electrons. The van der Waals surface area contributed by atoms with Gasteiger partial charge in [-0.1, -0.05) is 18.2 Å². The van der Waals surface area contributed by atoms with E-state index in [1.165, 1.54) is 5.56 Å². The first-order chi connectivity index (χ1) is 16.1. The summed E-state index contributed by atoms with van der Waals surface area (Å²) in [6, 6.07) is 15.4. The fourth-order valence-corrected chi connectivity index (χ4v) is 4.69. The van der Waals surface area contributed by atoms with E-state index in [-0.39, 0.29) is 16.5 Å². The Balaban J connectivity index is 1.46. The van der Waals surface area contributed by atoms with Crippen molar-refractivity contribution in [2.24, 2.45) is 5.73 Å². The first-order valence-electron chi connectivity index (χ1n) is 10.8. The normalized spacial score (nSPS) is 14.6. The van der Waals surface area contributed by atoms with Crippen LogP contribution in [0.25, 0.3) is 27.8 Å². The number of hydrogen-bond donors (Lipinski definition) is 1. The molecule has 3 aromatic heterocycles. The number of nitrogens with zero attached hydrogens (tertiary/aromatic N) is 4. The Hall–Kier alpha value is -4.13. The molecule has 1 aliphatic rings. The number of carbonyl (C=O) groups excluding carboxylic acids is 1. The molecule has 1 amide bonds. The molecule has 0 atom stereocenters. The lowest BCUT2D eigenvalue weighted by Gasteiger charge is -2.17. The molecule has 0 unspecified atom stereocenters. The molecule has 6 nitrogen and oxygen atoms in total. The van der Waals surface area contributed by atoms with Crippen LogP contribution in [0.15, 0.2) is 73.3 Å². The van der Waals surface area contributed by atoms with Gasteiger partial charge in [0.1, 0.15) is 6.67 Å². The third-order valence-corrected chi connectivity index (χ3v) is 6.61. The predicted molar refractivity (Wildman–Crippen MR) is 124 cm³/mol. The summed E-state index contributed by atoms with van der Waals surface area (Å²) in [4.78, 5) is 25.1. The summed E-state index contributed by atoms with van der Waals surface area (Å²) in [5.74, 6) is -0.0251. The highest BCUT2D eigenvalue weighted by molar-refractivity contribution is 5.95. The molecule has 1 aliphatic carbocycles. The molecule has 1 saturated carbocycles. The van der Waals surface area contributed by atoms with Gasteiger partial charge < -0.3 is 5.73 Å².